The molecule has 140 valence electrons. The van der Waals surface area contributed by atoms with Crippen LogP contribution in [0.1, 0.15) is 17.7 Å². The number of nitrogens with zero attached hydrogens (tertiary/aromatic N) is 4. The molecule has 3 heterocycles. The zero-order valence-electron chi connectivity index (χ0n) is 14.7. The Kier molecular flexibility index (Phi) is 4.95. The molecule has 8 nitrogen and oxygen atoms in total. The number of nitriles is 1. The van der Waals surface area contributed by atoms with E-state index < -0.39 is 11.9 Å². The molecule has 0 saturated carbocycles. The van der Waals surface area contributed by atoms with E-state index in [1.54, 1.807) is 17.0 Å². The van der Waals surface area contributed by atoms with Crippen LogP contribution in [0.2, 0.25) is 0 Å². The molecule has 0 aliphatic carbocycles. The number of amidine groups is 2. The van der Waals surface area contributed by atoms with E-state index in [2.05, 4.69) is 21.4 Å². The molecule has 4 rings (SSSR count). The Morgan fingerprint density at radius 2 is 2.14 bits per heavy atom. The van der Waals surface area contributed by atoms with Gasteiger partial charge in [0.25, 0.3) is 5.91 Å². The van der Waals surface area contributed by atoms with Crippen LogP contribution < -0.4 is 5.32 Å². The van der Waals surface area contributed by atoms with Gasteiger partial charge in [-0.1, -0.05) is 23.9 Å². The zero-order chi connectivity index (χ0) is 19.5. The van der Waals surface area contributed by atoms with Crippen LogP contribution in [0, 0.1) is 11.3 Å². The van der Waals surface area contributed by atoms with Crippen LogP contribution >= 0.6 is 11.8 Å². The van der Waals surface area contributed by atoms with Gasteiger partial charge in [-0.15, -0.1) is 0 Å². The Balaban J connectivity index is 1.56. The maximum atomic E-state index is 12.6. The highest BCUT2D eigenvalue weighted by Crippen LogP contribution is 2.34. The molecule has 0 saturated heterocycles. The minimum Gasteiger partial charge on any atom is -0.467 e. The average molecular weight is 393 g/mol. The smallest absolute Gasteiger partial charge is 0.271 e. The largest absolute Gasteiger partial charge is 0.467 e. The van der Waals surface area contributed by atoms with Crippen molar-refractivity contribution < 1.29 is 14.0 Å². The van der Waals surface area contributed by atoms with Gasteiger partial charge in [-0.2, -0.15) is 10.3 Å². The van der Waals surface area contributed by atoms with Crippen LogP contribution in [0.5, 0.6) is 0 Å². The topological polar surface area (TPSA) is 111 Å². The Labute approximate surface area is 164 Å². The summed E-state index contributed by atoms with van der Waals surface area (Å²) in [6.45, 7) is 0.243. The first kappa shape index (κ1) is 18.0. The van der Waals surface area contributed by atoms with Crippen molar-refractivity contribution in [1.82, 2.24) is 10.2 Å². The molecule has 1 atom stereocenters. The summed E-state index contributed by atoms with van der Waals surface area (Å²) in [5.74, 6) is 0.581. The SMILES string of the molecule is N#CCSC1=Nc2ccccc2C2=NC(=O)C(CC(=O)NCc3ccco3)N12. The number of benzene rings is 1. The molecule has 0 fully saturated rings. The summed E-state index contributed by atoms with van der Waals surface area (Å²) in [5.41, 5.74) is 1.42. The summed E-state index contributed by atoms with van der Waals surface area (Å²) >= 11 is 1.22. The highest BCUT2D eigenvalue weighted by atomic mass is 32.2. The Morgan fingerprint density at radius 3 is 2.93 bits per heavy atom. The van der Waals surface area contributed by atoms with Gasteiger partial charge in [-0.3, -0.25) is 14.5 Å². The molecule has 2 aliphatic heterocycles. The number of nitrogens with one attached hydrogen (secondary N) is 1. The number of carbonyl (C=O) groups excluding carboxylic acids is 2. The number of hydrogen-bond acceptors (Lipinski definition) is 7. The summed E-state index contributed by atoms with van der Waals surface area (Å²) in [5, 5.41) is 12.2. The molecule has 0 spiro atoms. The molecule has 1 unspecified atom stereocenters. The van der Waals surface area contributed by atoms with Crippen molar-refractivity contribution in [3.8, 4) is 6.07 Å². The minimum atomic E-state index is -0.787. The summed E-state index contributed by atoms with van der Waals surface area (Å²) in [4.78, 5) is 35.4. The number of para-hydroxylation sites is 1. The number of rotatable bonds is 5. The predicted molar refractivity (Wildman–Crippen MR) is 104 cm³/mol. The molecule has 28 heavy (non-hydrogen) atoms. The van der Waals surface area contributed by atoms with E-state index >= 15 is 0 Å². The highest BCUT2D eigenvalue weighted by molar-refractivity contribution is 8.14. The van der Waals surface area contributed by atoms with E-state index in [-0.39, 0.29) is 24.6 Å². The molecule has 1 aromatic carbocycles. The van der Waals surface area contributed by atoms with Gasteiger partial charge in [0.2, 0.25) is 5.91 Å². The molecule has 1 aromatic heterocycles. The third-order valence-electron chi connectivity index (χ3n) is 4.29. The number of carbonyl (C=O) groups is 2. The fraction of sp³-hybridized carbons (Fsp3) is 0.211. The Bertz CT molecular complexity index is 1020. The van der Waals surface area contributed by atoms with E-state index in [1.165, 1.54) is 18.0 Å². The molecule has 1 N–H and O–H groups in total. The van der Waals surface area contributed by atoms with E-state index in [0.29, 0.717) is 22.5 Å². The number of fused-ring (bicyclic) bond motifs is 3. The third kappa shape index (κ3) is 3.42. The van der Waals surface area contributed by atoms with E-state index in [4.69, 9.17) is 9.68 Å². The molecule has 9 heteroatoms. The van der Waals surface area contributed by atoms with Crippen molar-refractivity contribution in [3.05, 3.63) is 54.0 Å². The van der Waals surface area contributed by atoms with Gasteiger partial charge < -0.3 is 9.73 Å². The van der Waals surface area contributed by atoms with Gasteiger partial charge in [0.15, 0.2) is 5.17 Å². The highest BCUT2D eigenvalue weighted by Gasteiger charge is 2.42. The molecule has 0 bridgehead atoms. The second kappa shape index (κ2) is 7.70. The molecular weight excluding hydrogens is 378 g/mol. The van der Waals surface area contributed by atoms with Crippen molar-refractivity contribution in [2.24, 2.45) is 9.98 Å². The van der Waals surface area contributed by atoms with Gasteiger partial charge in [0.1, 0.15) is 17.6 Å². The van der Waals surface area contributed by atoms with Crippen LogP contribution in [0.3, 0.4) is 0 Å². The van der Waals surface area contributed by atoms with E-state index in [0.717, 1.165) is 5.56 Å². The number of aliphatic imine (C=N–C) groups is 2. The fourth-order valence-corrected chi connectivity index (χ4v) is 3.76. The maximum absolute atomic E-state index is 12.6. The fourth-order valence-electron chi connectivity index (χ4n) is 3.05. The number of thioether (sulfide) groups is 1. The number of furan rings is 1. The Hall–Kier alpha value is -3.38. The number of amides is 2. The Morgan fingerprint density at radius 1 is 1.29 bits per heavy atom. The van der Waals surface area contributed by atoms with Gasteiger partial charge in [0.05, 0.1) is 36.7 Å². The van der Waals surface area contributed by atoms with Gasteiger partial charge in [-0.05, 0) is 24.3 Å². The second-order valence-electron chi connectivity index (χ2n) is 6.08. The van der Waals surface area contributed by atoms with Crippen LogP contribution in [0.25, 0.3) is 0 Å². The second-order valence-corrected chi connectivity index (χ2v) is 7.02. The minimum absolute atomic E-state index is 0.0686. The van der Waals surface area contributed by atoms with Crippen LogP contribution in [0.15, 0.2) is 57.1 Å². The quantitative estimate of drug-likeness (QED) is 0.834. The third-order valence-corrected chi connectivity index (χ3v) is 5.11. The monoisotopic (exact) mass is 393 g/mol. The summed E-state index contributed by atoms with van der Waals surface area (Å²) in [6, 6.07) is 12.1. The zero-order valence-corrected chi connectivity index (χ0v) is 15.5. The molecule has 0 radical (unpaired) electrons. The van der Waals surface area contributed by atoms with Crippen molar-refractivity contribution in [1.29, 1.82) is 5.26 Å². The van der Waals surface area contributed by atoms with E-state index in [9.17, 15) is 9.59 Å². The number of hydrogen-bond donors (Lipinski definition) is 1. The summed E-state index contributed by atoms with van der Waals surface area (Å²) in [7, 11) is 0. The molecular formula is C19H15N5O3S. The standard InChI is InChI=1S/C19H15N5O3S/c20-7-9-28-19-22-14-6-2-1-5-13(14)17-23-18(26)15(24(17)19)10-16(25)21-11-12-4-3-8-27-12/h1-6,8,15H,9-11H2,(H,21,25). The predicted octanol–water partition coefficient (Wildman–Crippen LogP) is 2.20. The van der Waals surface area contributed by atoms with Crippen LogP contribution in [-0.4, -0.2) is 39.5 Å². The summed E-state index contributed by atoms with van der Waals surface area (Å²) < 4.78 is 5.19. The van der Waals surface area contributed by atoms with E-state index in [1.807, 2.05) is 24.3 Å². The summed E-state index contributed by atoms with van der Waals surface area (Å²) in [6.07, 6.45) is 1.46. The first-order valence-corrected chi connectivity index (χ1v) is 9.54. The lowest BCUT2D eigenvalue weighted by Gasteiger charge is -2.30. The van der Waals surface area contributed by atoms with Crippen LogP contribution in [0.4, 0.5) is 5.69 Å². The van der Waals surface area contributed by atoms with Gasteiger partial charge >= 0.3 is 0 Å². The van der Waals surface area contributed by atoms with Crippen LogP contribution in [-0.2, 0) is 16.1 Å². The lowest BCUT2D eigenvalue weighted by molar-refractivity contribution is -0.126. The van der Waals surface area contributed by atoms with Crippen molar-refractivity contribution in [2.45, 2.75) is 19.0 Å². The lowest BCUT2D eigenvalue weighted by atomic mass is 10.1. The van der Waals surface area contributed by atoms with Crippen molar-refractivity contribution in [2.75, 3.05) is 5.75 Å². The molecule has 2 aliphatic rings. The van der Waals surface area contributed by atoms with Gasteiger partial charge in [-0.25, -0.2) is 4.99 Å². The maximum Gasteiger partial charge on any atom is 0.271 e. The van der Waals surface area contributed by atoms with Gasteiger partial charge in [0, 0.05) is 5.56 Å². The van der Waals surface area contributed by atoms with Crippen molar-refractivity contribution >= 4 is 40.3 Å². The molecule has 2 aromatic rings. The van der Waals surface area contributed by atoms with Crippen molar-refractivity contribution in [3.63, 3.8) is 0 Å². The lowest BCUT2D eigenvalue weighted by Crippen LogP contribution is -2.45. The first-order valence-electron chi connectivity index (χ1n) is 8.56. The molecule has 2 amide bonds. The first-order chi connectivity index (χ1) is 13.7. The normalized spacial score (nSPS) is 17.3. The average Bonchev–Trinajstić information content (AvgIpc) is 3.33.